The first-order chi connectivity index (χ1) is 29.3. The van der Waals surface area contributed by atoms with Crippen LogP contribution >= 0.6 is 0 Å². The number of hydrogen-bond acceptors (Lipinski definition) is 3. The Hall–Kier alpha value is -8.09. The van der Waals surface area contributed by atoms with Crippen LogP contribution in [0.15, 0.2) is 207 Å². The number of hydrogen-bond donors (Lipinski definition) is 0. The second-order valence-electron chi connectivity index (χ2n) is 14.9. The maximum atomic E-state index is 4.96. The van der Waals surface area contributed by atoms with E-state index in [1.807, 2.05) is 18.2 Å². The van der Waals surface area contributed by atoms with Crippen molar-refractivity contribution >= 4 is 54.6 Å². The van der Waals surface area contributed by atoms with Gasteiger partial charge in [0.2, 0.25) is 0 Å². The third-order valence-electron chi connectivity index (χ3n) is 11.6. The summed E-state index contributed by atoms with van der Waals surface area (Å²) in [6, 6.07) is 67.6. The Morgan fingerprint density at radius 2 is 0.814 bits per heavy atom. The monoisotopic (exact) mass is 754 g/mol. The van der Waals surface area contributed by atoms with Crippen molar-refractivity contribution < 1.29 is 0 Å². The standard InChI is InChI=1S/C53H34N6/c1-2-10-35(11-3-1)36-18-22-39(23-19-36)57-48-15-7-4-12-42(48)44-32-37(20-28-50(44)57)38-21-29-51-45(33-38)43-13-5-8-16-49(43)58(51)40-24-26-41(27-25-40)59-52-17-9-6-14-46(52)56-53(59)47-34-54-30-31-55-47/h1-34H. The average Bonchev–Trinajstić information content (AvgIpc) is 3.97. The lowest BCUT2D eigenvalue weighted by atomic mass is 10.0. The number of benzene rings is 8. The summed E-state index contributed by atoms with van der Waals surface area (Å²) in [5.41, 5.74) is 15.4. The lowest BCUT2D eigenvalue weighted by molar-refractivity contribution is 1.06. The highest BCUT2D eigenvalue weighted by atomic mass is 15.1. The van der Waals surface area contributed by atoms with Gasteiger partial charge in [-0.3, -0.25) is 9.55 Å². The van der Waals surface area contributed by atoms with E-state index in [0.717, 1.165) is 50.6 Å². The average molecular weight is 755 g/mol. The molecule has 0 N–H and O–H groups in total. The minimum Gasteiger partial charge on any atom is -0.309 e. The Bertz CT molecular complexity index is 3520. The molecule has 4 aromatic heterocycles. The molecule has 0 fully saturated rings. The van der Waals surface area contributed by atoms with Crippen LogP contribution in [0.3, 0.4) is 0 Å². The zero-order valence-corrected chi connectivity index (χ0v) is 31.8. The first kappa shape index (κ1) is 33.1. The van der Waals surface area contributed by atoms with Gasteiger partial charge in [-0.1, -0.05) is 103 Å². The van der Waals surface area contributed by atoms with Crippen LogP contribution in [0.4, 0.5) is 0 Å². The first-order valence-electron chi connectivity index (χ1n) is 19.8. The maximum Gasteiger partial charge on any atom is 0.166 e. The molecule has 276 valence electrons. The van der Waals surface area contributed by atoms with Gasteiger partial charge in [-0.05, 0) is 107 Å². The molecule has 0 saturated heterocycles. The van der Waals surface area contributed by atoms with Crippen LogP contribution < -0.4 is 0 Å². The normalized spacial score (nSPS) is 11.7. The second-order valence-corrected chi connectivity index (χ2v) is 14.9. The fourth-order valence-corrected chi connectivity index (χ4v) is 8.92. The van der Waals surface area contributed by atoms with E-state index in [0.29, 0.717) is 0 Å². The molecule has 12 rings (SSSR count). The van der Waals surface area contributed by atoms with E-state index in [4.69, 9.17) is 4.98 Å². The number of fused-ring (bicyclic) bond motifs is 7. The zero-order valence-electron chi connectivity index (χ0n) is 31.8. The van der Waals surface area contributed by atoms with Gasteiger partial charge in [0.25, 0.3) is 0 Å². The van der Waals surface area contributed by atoms with Crippen LogP contribution in [0.25, 0.3) is 105 Å². The van der Waals surface area contributed by atoms with Crippen LogP contribution in [0.2, 0.25) is 0 Å². The van der Waals surface area contributed by atoms with Crippen molar-refractivity contribution in [3.8, 4) is 50.8 Å². The lowest BCUT2D eigenvalue weighted by Gasteiger charge is -2.12. The molecule has 8 aromatic carbocycles. The molecular formula is C53H34N6. The third-order valence-corrected chi connectivity index (χ3v) is 11.6. The Morgan fingerprint density at radius 3 is 1.41 bits per heavy atom. The van der Waals surface area contributed by atoms with Crippen LogP contribution in [0.5, 0.6) is 0 Å². The Balaban J connectivity index is 0.950. The maximum absolute atomic E-state index is 4.96. The molecule has 6 nitrogen and oxygen atoms in total. The molecule has 0 aliphatic heterocycles. The summed E-state index contributed by atoms with van der Waals surface area (Å²) in [5.74, 6) is 0.761. The molecule has 0 bridgehead atoms. The predicted molar refractivity (Wildman–Crippen MR) is 242 cm³/mol. The van der Waals surface area contributed by atoms with Gasteiger partial charge in [-0.15, -0.1) is 0 Å². The predicted octanol–water partition coefficient (Wildman–Crippen LogP) is 13.0. The molecule has 0 radical (unpaired) electrons. The summed E-state index contributed by atoms with van der Waals surface area (Å²) >= 11 is 0. The van der Waals surface area contributed by atoms with Gasteiger partial charge in [-0.2, -0.15) is 0 Å². The fourth-order valence-electron chi connectivity index (χ4n) is 8.92. The SMILES string of the molecule is c1ccc(-c2ccc(-n3c4ccccc4c4cc(-c5ccc6c(c5)c5ccccc5n6-c5ccc(-n6c(-c7cnccn7)nc7ccccc76)cc5)ccc43)cc2)cc1. The molecule has 0 aliphatic carbocycles. The zero-order chi connectivity index (χ0) is 38.9. The molecule has 0 spiro atoms. The van der Waals surface area contributed by atoms with Crippen molar-refractivity contribution in [3.05, 3.63) is 207 Å². The van der Waals surface area contributed by atoms with Crippen LogP contribution in [0.1, 0.15) is 0 Å². The minimum absolute atomic E-state index is 0.727. The number of imidazole rings is 1. The first-order valence-corrected chi connectivity index (χ1v) is 19.8. The molecule has 12 aromatic rings. The summed E-state index contributed by atoms with van der Waals surface area (Å²) in [5, 5.41) is 4.91. The van der Waals surface area contributed by atoms with Gasteiger partial charge in [0.05, 0.1) is 39.3 Å². The Labute approximate surface area is 339 Å². The van der Waals surface area contributed by atoms with Gasteiger partial charge in [0, 0.05) is 51.0 Å². The number of para-hydroxylation sites is 4. The Kier molecular flexibility index (Phi) is 7.43. The summed E-state index contributed by atoms with van der Waals surface area (Å²) < 4.78 is 6.92. The van der Waals surface area contributed by atoms with Crippen molar-refractivity contribution in [2.45, 2.75) is 0 Å². The molecule has 0 unspecified atom stereocenters. The molecule has 59 heavy (non-hydrogen) atoms. The van der Waals surface area contributed by atoms with E-state index in [1.54, 1.807) is 18.6 Å². The highest BCUT2D eigenvalue weighted by Gasteiger charge is 2.18. The van der Waals surface area contributed by atoms with E-state index in [-0.39, 0.29) is 0 Å². The van der Waals surface area contributed by atoms with E-state index >= 15 is 0 Å². The Morgan fingerprint density at radius 1 is 0.339 bits per heavy atom. The molecular weight excluding hydrogens is 721 g/mol. The summed E-state index contributed by atoms with van der Waals surface area (Å²) in [4.78, 5) is 13.9. The van der Waals surface area contributed by atoms with Crippen molar-refractivity contribution in [1.82, 2.24) is 28.7 Å². The van der Waals surface area contributed by atoms with Gasteiger partial charge in [-0.25, -0.2) is 9.97 Å². The second kappa shape index (κ2) is 13.3. The van der Waals surface area contributed by atoms with Gasteiger partial charge >= 0.3 is 0 Å². The fraction of sp³-hybridized carbons (Fsp3) is 0. The van der Waals surface area contributed by atoms with E-state index in [1.165, 1.54) is 54.8 Å². The van der Waals surface area contributed by atoms with E-state index in [9.17, 15) is 0 Å². The molecule has 6 heteroatoms. The molecule has 0 saturated carbocycles. The molecule has 0 atom stereocenters. The van der Waals surface area contributed by atoms with Crippen LogP contribution in [0, 0.1) is 0 Å². The smallest absolute Gasteiger partial charge is 0.166 e. The van der Waals surface area contributed by atoms with Gasteiger partial charge in [0.1, 0.15) is 5.69 Å². The van der Waals surface area contributed by atoms with E-state index in [2.05, 4.69) is 194 Å². The van der Waals surface area contributed by atoms with Crippen molar-refractivity contribution in [1.29, 1.82) is 0 Å². The minimum atomic E-state index is 0.727. The molecule has 4 heterocycles. The summed E-state index contributed by atoms with van der Waals surface area (Å²) in [6.45, 7) is 0. The van der Waals surface area contributed by atoms with Gasteiger partial charge < -0.3 is 9.13 Å². The van der Waals surface area contributed by atoms with Crippen molar-refractivity contribution in [2.24, 2.45) is 0 Å². The number of nitrogens with zero attached hydrogens (tertiary/aromatic N) is 6. The molecule has 0 amide bonds. The number of aromatic nitrogens is 6. The summed E-state index contributed by atoms with van der Waals surface area (Å²) in [6.07, 6.45) is 5.16. The van der Waals surface area contributed by atoms with Crippen LogP contribution in [-0.4, -0.2) is 28.7 Å². The van der Waals surface area contributed by atoms with Crippen LogP contribution in [-0.2, 0) is 0 Å². The lowest BCUT2D eigenvalue weighted by Crippen LogP contribution is -2.00. The topological polar surface area (TPSA) is 53.5 Å². The molecule has 0 aliphatic rings. The largest absolute Gasteiger partial charge is 0.309 e. The highest BCUT2D eigenvalue weighted by Crippen LogP contribution is 2.39. The van der Waals surface area contributed by atoms with Crippen molar-refractivity contribution in [2.75, 3.05) is 0 Å². The van der Waals surface area contributed by atoms with Crippen molar-refractivity contribution in [3.63, 3.8) is 0 Å². The quantitative estimate of drug-likeness (QED) is 0.170. The summed E-state index contributed by atoms with van der Waals surface area (Å²) in [7, 11) is 0. The van der Waals surface area contributed by atoms with Gasteiger partial charge in [0.15, 0.2) is 5.82 Å². The van der Waals surface area contributed by atoms with E-state index < -0.39 is 0 Å². The highest BCUT2D eigenvalue weighted by molar-refractivity contribution is 6.12. The third kappa shape index (κ3) is 5.31. The number of rotatable bonds is 6.